The molecular formula is C20H26N2O3. The Morgan fingerprint density at radius 3 is 2.60 bits per heavy atom. The fourth-order valence-electron chi connectivity index (χ4n) is 2.36. The number of hydrogen-bond acceptors (Lipinski definition) is 4. The summed E-state index contributed by atoms with van der Waals surface area (Å²) in [6, 6.07) is 14.8. The summed E-state index contributed by atoms with van der Waals surface area (Å²) >= 11 is 0. The summed E-state index contributed by atoms with van der Waals surface area (Å²) in [7, 11) is 3.96. The number of aryl methyl sites for hydroxylation is 1. The van der Waals surface area contributed by atoms with Gasteiger partial charge in [-0.2, -0.15) is 0 Å². The van der Waals surface area contributed by atoms with E-state index >= 15 is 0 Å². The van der Waals surface area contributed by atoms with Crippen molar-refractivity contribution in [2.24, 2.45) is 0 Å². The summed E-state index contributed by atoms with van der Waals surface area (Å²) in [4.78, 5) is 14.3. The summed E-state index contributed by atoms with van der Waals surface area (Å²) in [6.45, 7) is 3.30. The number of nitrogens with one attached hydrogen (secondary N) is 1. The SMILES string of the molecule is Cc1ccc(NC(=O)CC(O)c2ccccc2)c(OCCN(C)C)c1. The number of aliphatic hydroxyl groups is 1. The van der Waals surface area contributed by atoms with Gasteiger partial charge >= 0.3 is 0 Å². The molecule has 134 valence electrons. The largest absolute Gasteiger partial charge is 0.490 e. The number of rotatable bonds is 8. The van der Waals surface area contributed by atoms with Gasteiger partial charge in [0.1, 0.15) is 12.4 Å². The van der Waals surface area contributed by atoms with Crippen molar-refractivity contribution in [2.75, 3.05) is 32.6 Å². The lowest BCUT2D eigenvalue weighted by Gasteiger charge is -2.16. The molecule has 0 saturated carbocycles. The van der Waals surface area contributed by atoms with Crippen molar-refractivity contribution in [3.8, 4) is 5.75 Å². The van der Waals surface area contributed by atoms with Crippen LogP contribution in [-0.4, -0.2) is 43.2 Å². The number of benzene rings is 2. The minimum Gasteiger partial charge on any atom is -0.490 e. The van der Waals surface area contributed by atoms with Gasteiger partial charge in [0, 0.05) is 6.54 Å². The lowest BCUT2D eigenvalue weighted by atomic mass is 10.1. The van der Waals surface area contributed by atoms with Crippen LogP contribution in [0.1, 0.15) is 23.7 Å². The van der Waals surface area contributed by atoms with E-state index in [0.29, 0.717) is 18.0 Å². The van der Waals surface area contributed by atoms with Crippen molar-refractivity contribution in [2.45, 2.75) is 19.4 Å². The number of amides is 1. The van der Waals surface area contributed by atoms with E-state index in [0.717, 1.165) is 17.7 Å². The van der Waals surface area contributed by atoms with Gasteiger partial charge in [0.25, 0.3) is 0 Å². The van der Waals surface area contributed by atoms with Crippen molar-refractivity contribution in [1.82, 2.24) is 4.90 Å². The molecule has 0 spiro atoms. The molecule has 0 aliphatic rings. The number of anilines is 1. The third-order valence-corrected chi connectivity index (χ3v) is 3.77. The van der Waals surface area contributed by atoms with Crippen LogP contribution in [0, 0.1) is 6.92 Å². The number of carbonyl (C=O) groups is 1. The average Bonchev–Trinajstić information content (AvgIpc) is 2.57. The van der Waals surface area contributed by atoms with Crippen LogP contribution in [-0.2, 0) is 4.79 Å². The predicted molar refractivity (Wildman–Crippen MR) is 99.9 cm³/mol. The second kappa shape index (κ2) is 9.20. The summed E-state index contributed by atoms with van der Waals surface area (Å²) in [6.07, 6.45) is -0.834. The van der Waals surface area contributed by atoms with Crippen LogP contribution in [0.25, 0.3) is 0 Å². The van der Waals surface area contributed by atoms with Crippen molar-refractivity contribution < 1.29 is 14.6 Å². The molecule has 5 nitrogen and oxygen atoms in total. The monoisotopic (exact) mass is 342 g/mol. The second-order valence-electron chi connectivity index (χ2n) is 6.33. The van der Waals surface area contributed by atoms with E-state index in [1.165, 1.54) is 0 Å². The summed E-state index contributed by atoms with van der Waals surface area (Å²) in [5, 5.41) is 13.0. The van der Waals surface area contributed by atoms with Crippen molar-refractivity contribution >= 4 is 11.6 Å². The Bertz CT molecular complexity index is 687. The van der Waals surface area contributed by atoms with E-state index in [4.69, 9.17) is 4.74 Å². The third-order valence-electron chi connectivity index (χ3n) is 3.77. The van der Waals surface area contributed by atoms with Gasteiger partial charge in [-0.05, 0) is 44.3 Å². The highest BCUT2D eigenvalue weighted by Gasteiger charge is 2.14. The average molecular weight is 342 g/mol. The molecule has 0 fully saturated rings. The number of hydrogen-bond donors (Lipinski definition) is 2. The lowest BCUT2D eigenvalue weighted by Crippen LogP contribution is -2.20. The van der Waals surface area contributed by atoms with Crippen LogP contribution in [0.5, 0.6) is 5.75 Å². The van der Waals surface area contributed by atoms with Crippen LogP contribution < -0.4 is 10.1 Å². The molecule has 1 amide bonds. The molecule has 2 aromatic carbocycles. The molecule has 2 rings (SSSR count). The van der Waals surface area contributed by atoms with Gasteiger partial charge in [0.2, 0.25) is 5.91 Å². The zero-order valence-electron chi connectivity index (χ0n) is 15.0. The number of likely N-dealkylation sites (N-methyl/N-ethyl adjacent to an activating group) is 1. The maximum absolute atomic E-state index is 12.3. The fourth-order valence-corrected chi connectivity index (χ4v) is 2.36. The quantitative estimate of drug-likeness (QED) is 0.774. The Balaban J connectivity index is 1.99. The van der Waals surface area contributed by atoms with Crippen LogP contribution in [0.3, 0.4) is 0 Å². The van der Waals surface area contributed by atoms with Crippen LogP contribution in [0.2, 0.25) is 0 Å². The molecule has 1 atom stereocenters. The summed E-state index contributed by atoms with van der Waals surface area (Å²) in [5.41, 5.74) is 2.40. The van der Waals surface area contributed by atoms with Gasteiger partial charge < -0.3 is 20.1 Å². The molecule has 2 N–H and O–H groups in total. The van der Waals surface area contributed by atoms with Crippen molar-refractivity contribution in [3.63, 3.8) is 0 Å². The fraction of sp³-hybridized carbons (Fsp3) is 0.350. The molecule has 0 bridgehead atoms. The van der Waals surface area contributed by atoms with Gasteiger partial charge in [-0.1, -0.05) is 36.4 Å². The Labute approximate surface area is 149 Å². The third kappa shape index (κ3) is 6.21. The number of aliphatic hydroxyl groups excluding tert-OH is 1. The van der Waals surface area contributed by atoms with Gasteiger partial charge in [-0.3, -0.25) is 4.79 Å². The van der Waals surface area contributed by atoms with Crippen LogP contribution in [0.15, 0.2) is 48.5 Å². The van der Waals surface area contributed by atoms with Crippen molar-refractivity contribution in [3.05, 3.63) is 59.7 Å². The lowest BCUT2D eigenvalue weighted by molar-refractivity contribution is -0.118. The zero-order valence-corrected chi connectivity index (χ0v) is 15.0. The van der Waals surface area contributed by atoms with Gasteiger partial charge in [-0.15, -0.1) is 0 Å². The molecule has 1 unspecified atom stereocenters. The first-order valence-corrected chi connectivity index (χ1v) is 8.36. The Morgan fingerprint density at radius 2 is 1.92 bits per heavy atom. The van der Waals surface area contributed by atoms with Crippen LogP contribution in [0.4, 0.5) is 5.69 Å². The number of carbonyl (C=O) groups excluding carboxylic acids is 1. The maximum Gasteiger partial charge on any atom is 0.227 e. The normalized spacial score (nSPS) is 12.0. The van der Waals surface area contributed by atoms with E-state index in [9.17, 15) is 9.90 Å². The highest BCUT2D eigenvalue weighted by Crippen LogP contribution is 2.27. The molecule has 2 aromatic rings. The first-order valence-electron chi connectivity index (χ1n) is 8.36. The molecule has 0 aliphatic carbocycles. The number of ether oxygens (including phenoxy) is 1. The van der Waals surface area contributed by atoms with E-state index < -0.39 is 6.10 Å². The maximum atomic E-state index is 12.3. The van der Waals surface area contributed by atoms with Gasteiger partial charge in [0.05, 0.1) is 18.2 Å². The van der Waals surface area contributed by atoms with Gasteiger partial charge in [-0.25, -0.2) is 0 Å². The number of nitrogens with zero attached hydrogens (tertiary/aromatic N) is 1. The molecule has 0 aliphatic heterocycles. The minimum atomic E-state index is -0.829. The van der Waals surface area contributed by atoms with E-state index in [2.05, 4.69) is 5.32 Å². The molecule has 0 heterocycles. The molecule has 5 heteroatoms. The zero-order chi connectivity index (χ0) is 18.2. The topological polar surface area (TPSA) is 61.8 Å². The second-order valence-corrected chi connectivity index (χ2v) is 6.33. The Kier molecular flexibility index (Phi) is 6.98. The summed E-state index contributed by atoms with van der Waals surface area (Å²) in [5.74, 6) is 0.391. The standard InChI is InChI=1S/C20H26N2O3/c1-15-9-10-17(19(13-15)25-12-11-22(2)3)21-20(24)14-18(23)16-7-5-4-6-8-16/h4-10,13,18,23H,11-12,14H2,1-3H3,(H,21,24). The highest BCUT2D eigenvalue weighted by atomic mass is 16.5. The minimum absolute atomic E-state index is 0.00493. The molecule has 0 saturated heterocycles. The highest BCUT2D eigenvalue weighted by molar-refractivity contribution is 5.92. The van der Waals surface area contributed by atoms with E-state index in [1.54, 1.807) is 12.1 Å². The van der Waals surface area contributed by atoms with Gasteiger partial charge in [0.15, 0.2) is 0 Å². The molecule has 25 heavy (non-hydrogen) atoms. The first kappa shape index (κ1) is 19.0. The Hall–Kier alpha value is -2.37. The van der Waals surface area contributed by atoms with Crippen molar-refractivity contribution in [1.29, 1.82) is 0 Å². The summed E-state index contributed by atoms with van der Waals surface area (Å²) < 4.78 is 5.80. The molecular weight excluding hydrogens is 316 g/mol. The molecule has 0 aromatic heterocycles. The van der Waals surface area contributed by atoms with E-state index in [-0.39, 0.29) is 12.3 Å². The first-order chi connectivity index (χ1) is 12.0. The Morgan fingerprint density at radius 1 is 1.20 bits per heavy atom. The molecule has 0 radical (unpaired) electrons. The van der Waals surface area contributed by atoms with E-state index in [1.807, 2.05) is 62.3 Å². The predicted octanol–water partition coefficient (Wildman–Crippen LogP) is 3.00. The van der Waals surface area contributed by atoms with Crippen LogP contribution >= 0.6 is 0 Å². The smallest absolute Gasteiger partial charge is 0.227 e.